The highest BCUT2D eigenvalue weighted by Gasteiger charge is 2.23. The van der Waals surface area contributed by atoms with Gasteiger partial charge in [0.15, 0.2) is 0 Å². The zero-order chi connectivity index (χ0) is 10.7. The highest BCUT2D eigenvalue weighted by atomic mass is 35.5. The lowest BCUT2D eigenvalue weighted by Gasteiger charge is -2.21. The van der Waals surface area contributed by atoms with Gasteiger partial charge < -0.3 is 4.90 Å². The van der Waals surface area contributed by atoms with Crippen molar-refractivity contribution in [3.8, 4) is 0 Å². The second kappa shape index (κ2) is 4.90. The molecule has 15 heavy (non-hydrogen) atoms. The quantitative estimate of drug-likeness (QED) is 0.790. The van der Waals surface area contributed by atoms with Crippen LogP contribution < -0.4 is 0 Å². The average Bonchev–Trinajstić information content (AvgIpc) is 2.65. The Morgan fingerprint density at radius 3 is 3.20 bits per heavy atom. The molecule has 1 saturated heterocycles. The summed E-state index contributed by atoms with van der Waals surface area (Å²) in [5.41, 5.74) is 1.01. The van der Waals surface area contributed by atoms with E-state index < -0.39 is 0 Å². The zero-order valence-electron chi connectivity index (χ0n) is 8.99. The van der Waals surface area contributed by atoms with E-state index in [0.29, 0.717) is 11.1 Å². The van der Waals surface area contributed by atoms with Gasteiger partial charge in [-0.15, -0.1) is 0 Å². The van der Waals surface area contributed by atoms with E-state index in [2.05, 4.69) is 22.0 Å². The zero-order valence-corrected chi connectivity index (χ0v) is 9.74. The monoisotopic (exact) mass is 225 g/mol. The third kappa shape index (κ3) is 2.67. The molecule has 1 unspecified atom stereocenters. The fourth-order valence-corrected chi connectivity index (χ4v) is 2.44. The molecule has 1 aliphatic heterocycles. The Labute approximate surface area is 95.5 Å². The second-order valence-corrected chi connectivity index (χ2v) is 4.43. The molecule has 2 rings (SSSR count). The van der Waals surface area contributed by atoms with E-state index in [1.165, 1.54) is 19.4 Å². The number of halogens is 1. The Hall–Kier alpha value is -0.670. The number of hydrogen-bond donors (Lipinski definition) is 0. The van der Waals surface area contributed by atoms with Crippen LogP contribution in [0.1, 0.15) is 25.5 Å². The molecule has 1 aliphatic rings. The normalized spacial score (nSPS) is 22.1. The van der Waals surface area contributed by atoms with Crippen molar-refractivity contribution in [1.29, 1.82) is 0 Å². The summed E-state index contributed by atoms with van der Waals surface area (Å²) in [5, 5.41) is 8.67. The van der Waals surface area contributed by atoms with Crippen molar-refractivity contribution in [2.24, 2.45) is 0 Å². The lowest BCUT2D eigenvalue weighted by molar-refractivity contribution is 0.264. The Kier molecular flexibility index (Phi) is 3.54. The number of aromatic nitrogens is 2. The van der Waals surface area contributed by atoms with Crippen LogP contribution in [0.5, 0.6) is 0 Å². The van der Waals surface area contributed by atoms with Crippen LogP contribution in [-0.4, -0.2) is 34.2 Å². The van der Waals surface area contributed by atoms with Crippen molar-refractivity contribution in [3.05, 3.63) is 23.0 Å². The molecule has 0 bridgehead atoms. The molecule has 4 heteroatoms. The summed E-state index contributed by atoms with van der Waals surface area (Å²) in [7, 11) is 0. The molecular weight excluding hydrogens is 210 g/mol. The van der Waals surface area contributed by atoms with Crippen LogP contribution >= 0.6 is 11.6 Å². The van der Waals surface area contributed by atoms with Crippen molar-refractivity contribution in [2.45, 2.75) is 32.2 Å². The van der Waals surface area contributed by atoms with Gasteiger partial charge in [0, 0.05) is 12.5 Å². The predicted octanol–water partition coefficient (Wildman–Crippen LogP) is 2.16. The molecule has 0 aromatic carbocycles. The maximum Gasteiger partial charge on any atom is 0.0682 e. The molecule has 2 heterocycles. The van der Waals surface area contributed by atoms with Crippen molar-refractivity contribution < 1.29 is 0 Å². The van der Waals surface area contributed by atoms with Crippen LogP contribution in [0.2, 0.25) is 5.02 Å². The Morgan fingerprint density at radius 2 is 2.47 bits per heavy atom. The van der Waals surface area contributed by atoms with E-state index >= 15 is 0 Å². The fourth-order valence-electron chi connectivity index (χ4n) is 2.27. The summed E-state index contributed by atoms with van der Waals surface area (Å²) < 4.78 is 0. The second-order valence-electron chi connectivity index (χ2n) is 3.99. The van der Waals surface area contributed by atoms with Crippen molar-refractivity contribution in [1.82, 2.24) is 15.1 Å². The van der Waals surface area contributed by atoms with Gasteiger partial charge in [0.05, 0.1) is 16.9 Å². The van der Waals surface area contributed by atoms with Gasteiger partial charge in [-0.05, 0) is 32.0 Å². The molecule has 0 aliphatic carbocycles. The van der Waals surface area contributed by atoms with Crippen molar-refractivity contribution in [2.75, 3.05) is 13.1 Å². The summed E-state index contributed by atoms with van der Waals surface area (Å²) >= 11 is 5.88. The molecule has 3 nitrogen and oxygen atoms in total. The van der Waals surface area contributed by atoms with Crippen LogP contribution in [0.4, 0.5) is 0 Å². The Bertz CT molecular complexity index is 329. The van der Waals surface area contributed by atoms with Gasteiger partial charge in [0.25, 0.3) is 0 Å². The van der Waals surface area contributed by atoms with Gasteiger partial charge in [-0.25, -0.2) is 0 Å². The highest BCUT2D eigenvalue weighted by Crippen LogP contribution is 2.20. The van der Waals surface area contributed by atoms with Crippen LogP contribution in [0.25, 0.3) is 0 Å². The van der Waals surface area contributed by atoms with E-state index in [1.807, 2.05) is 6.07 Å². The largest absolute Gasteiger partial charge is 0.300 e. The number of likely N-dealkylation sites (tertiary alicyclic amines) is 1. The number of nitrogens with zero attached hydrogens (tertiary/aromatic N) is 3. The smallest absolute Gasteiger partial charge is 0.0682 e. The lowest BCUT2D eigenvalue weighted by Crippen LogP contribution is -2.31. The Balaban J connectivity index is 2.02. The number of rotatable bonds is 3. The number of hydrogen-bond acceptors (Lipinski definition) is 3. The third-order valence-electron chi connectivity index (χ3n) is 3.02. The van der Waals surface area contributed by atoms with Gasteiger partial charge in [0.1, 0.15) is 0 Å². The standard InChI is InChI=1S/C11H16ClN3/c1-2-15-5-3-4-11(15)7-10-6-9(12)8-13-14-10/h6,8,11H,2-5,7H2,1H3. The summed E-state index contributed by atoms with van der Waals surface area (Å²) in [6, 6.07) is 2.54. The first kappa shape index (κ1) is 10.8. The minimum atomic E-state index is 0.628. The molecule has 1 aromatic rings. The molecule has 1 fully saturated rings. The van der Waals surface area contributed by atoms with Gasteiger partial charge >= 0.3 is 0 Å². The fraction of sp³-hybridized carbons (Fsp3) is 0.636. The van der Waals surface area contributed by atoms with Gasteiger partial charge in [-0.3, -0.25) is 0 Å². The maximum absolute atomic E-state index is 5.88. The van der Waals surface area contributed by atoms with Crippen LogP contribution in [0.3, 0.4) is 0 Å². The third-order valence-corrected chi connectivity index (χ3v) is 3.23. The first-order chi connectivity index (χ1) is 7.29. The van der Waals surface area contributed by atoms with Crippen LogP contribution in [-0.2, 0) is 6.42 Å². The highest BCUT2D eigenvalue weighted by molar-refractivity contribution is 6.30. The SMILES string of the molecule is CCN1CCCC1Cc1cc(Cl)cnn1. The van der Waals surface area contributed by atoms with E-state index in [4.69, 9.17) is 11.6 Å². The van der Waals surface area contributed by atoms with Crippen LogP contribution in [0, 0.1) is 0 Å². The molecular formula is C11H16ClN3. The van der Waals surface area contributed by atoms with E-state index in [9.17, 15) is 0 Å². The van der Waals surface area contributed by atoms with E-state index in [0.717, 1.165) is 18.7 Å². The summed E-state index contributed by atoms with van der Waals surface area (Å²) in [5.74, 6) is 0. The minimum absolute atomic E-state index is 0.628. The predicted molar refractivity (Wildman–Crippen MR) is 61.0 cm³/mol. The molecule has 1 aromatic heterocycles. The van der Waals surface area contributed by atoms with Gasteiger partial charge in [0.2, 0.25) is 0 Å². The summed E-state index contributed by atoms with van der Waals surface area (Å²) in [6.07, 6.45) is 5.12. The van der Waals surface area contributed by atoms with Crippen molar-refractivity contribution >= 4 is 11.6 Å². The summed E-state index contributed by atoms with van der Waals surface area (Å²) in [6.45, 7) is 4.55. The summed E-state index contributed by atoms with van der Waals surface area (Å²) in [4.78, 5) is 2.50. The van der Waals surface area contributed by atoms with E-state index in [-0.39, 0.29) is 0 Å². The number of likely N-dealkylation sites (N-methyl/N-ethyl adjacent to an activating group) is 1. The van der Waals surface area contributed by atoms with E-state index in [1.54, 1.807) is 6.20 Å². The van der Waals surface area contributed by atoms with Crippen molar-refractivity contribution in [3.63, 3.8) is 0 Å². The Morgan fingerprint density at radius 1 is 1.60 bits per heavy atom. The van der Waals surface area contributed by atoms with Crippen LogP contribution in [0.15, 0.2) is 12.3 Å². The first-order valence-corrected chi connectivity index (χ1v) is 5.88. The van der Waals surface area contributed by atoms with Gasteiger partial charge in [-0.1, -0.05) is 18.5 Å². The minimum Gasteiger partial charge on any atom is -0.300 e. The maximum atomic E-state index is 5.88. The molecule has 0 saturated carbocycles. The first-order valence-electron chi connectivity index (χ1n) is 5.50. The van der Waals surface area contributed by atoms with Gasteiger partial charge in [-0.2, -0.15) is 10.2 Å². The lowest BCUT2D eigenvalue weighted by atomic mass is 10.1. The topological polar surface area (TPSA) is 29.0 Å². The molecule has 0 spiro atoms. The molecule has 1 atom stereocenters. The molecule has 0 radical (unpaired) electrons. The molecule has 82 valence electrons. The molecule has 0 N–H and O–H groups in total. The molecule has 0 amide bonds. The average molecular weight is 226 g/mol.